The zero-order valence-electron chi connectivity index (χ0n) is 9.55. The van der Waals surface area contributed by atoms with Gasteiger partial charge in [-0.1, -0.05) is 6.42 Å². The molecule has 1 N–H and O–H groups in total. The van der Waals surface area contributed by atoms with Crippen molar-refractivity contribution < 1.29 is 4.79 Å². The van der Waals surface area contributed by atoms with Crippen LogP contribution >= 0.6 is 0 Å². The SMILES string of the molecule is CCN(C)C(=O)C(C)NCC1CCC1. The molecule has 0 radical (unpaired) electrons. The zero-order valence-corrected chi connectivity index (χ0v) is 9.55. The first-order valence-corrected chi connectivity index (χ1v) is 5.63. The number of rotatable bonds is 5. The molecule has 1 aliphatic carbocycles. The second-order valence-electron chi connectivity index (χ2n) is 4.28. The van der Waals surface area contributed by atoms with Gasteiger partial charge in [-0.25, -0.2) is 0 Å². The minimum Gasteiger partial charge on any atom is -0.345 e. The number of likely N-dealkylation sites (N-methyl/N-ethyl adjacent to an activating group) is 1. The molecule has 3 nitrogen and oxygen atoms in total. The Bertz CT molecular complexity index is 190. The summed E-state index contributed by atoms with van der Waals surface area (Å²) in [5.41, 5.74) is 0. The summed E-state index contributed by atoms with van der Waals surface area (Å²) in [5, 5.41) is 3.31. The summed E-state index contributed by atoms with van der Waals surface area (Å²) >= 11 is 0. The van der Waals surface area contributed by atoms with Crippen LogP contribution in [0.4, 0.5) is 0 Å². The summed E-state index contributed by atoms with van der Waals surface area (Å²) < 4.78 is 0. The Balaban J connectivity index is 2.18. The molecule has 1 atom stereocenters. The molecule has 0 saturated heterocycles. The van der Waals surface area contributed by atoms with Crippen LogP contribution in [0.3, 0.4) is 0 Å². The molecule has 1 fully saturated rings. The highest BCUT2D eigenvalue weighted by atomic mass is 16.2. The smallest absolute Gasteiger partial charge is 0.239 e. The lowest BCUT2D eigenvalue weighted by Gasteiger charge is -2.28. The molecule has 0 aromatic heterocycles. The fourth-order valence-electron chi connectivity index (χ4n) is 1.61. The standard InChI is InChI=1S/C11H22N2O/c1-4-13(3)11(14)9(2)12-8-10-6-5-7-10/h9-10,12H,4-8H2,1-3H3. The number of amides is 1. The third-order valence-corrected chi connectivity index (χ3v) is 3.16. The lowest BCUT2D eigenvalue weighted by Crippen LogP contribution is -2.45. The summed E-state index contributed by atoms with van der Waals surface area (Å²) in [6.45, 7) is 5.74. The van der Waals surface area contributed by atoms with Crippen molar-refractivity contribution in [1.82, 2.24) is 10.2 Å². The Labute approximate surface area is 86.9 Å². The van der Waals surface area contributed by atoms with Gasteiger partial charge in [-0.05, 0) is 39.2 Å². The van der Waals surface area contributed by atoms with Crippen molar-refractivity contribution in [2.45, 2.75) is 39.2 Å². The number of nitrogens with one attached hydrogen (secondary N) is 1. The molecule has 0 aliphatic heterocycles. The highest BCUT2D eigenvalue weighted by Crippen LogP contribution is 2.25. The number of hydrogen-bond acceptors (Lipinski definition) is 2. The predicted molar refractivity (Wildman–Crippen MR) is 58.1 cm³/mol. The van der Waals surface area contributed by atoms with Crippen molar-refractivity contribution in [1.29, 1.82) is 0 Å². The van der Waals surface area contributed by atoms with Gasteiger partial charge in [0.15, 0.2) is 0 Å². The van der Waals surface area contributed by atoms with E-state index in [4.69, 9.17) is 0 Å². The van der Waals surface area contributed by atoms with Crippen molar-refractivity contribution >= 4 is 5.91 Å². The van der Waals surface area contributed by atoms with E-state index in [2.05, 4.69) is 5.32 Å². The number of nitrogens with zero attached hydrogens (tertiary/aromatic N) is 1. The maximum absolute atomic E-state index is 11.7. The van der Waals surface area contributed by atoms with Gasteiger partial charge in [-0.3, -0.25) is 4.79 Å². The van der Waals surface area contributed by atoms with Crippen LogP contribution in [0.25, 0.3) is 0 Å². The predicted octanol–water partition coefficient (Wildman–Crippen LogP) is 1.24. The number of hydrogen-bond donors (Lipinski definition) is 1. The van der Waals surface area contributed by atoms with Crippen molar-refractivity contribution in [3.63, 3.8) is 0 Å². The first-order chi connectivity index (χ1) is 6.65. The largest absolute Gasteiger partial charge is 0.345 e. The summed E-state index contributed by atoms with van der Waals surface area (Å²) in [7, 11) is 1.85. The second kappa shape index (κ2) is 5.35. The second-order valence-corrected chi connectivity index (χ2v) is 4.28. The van der Waals surface area contributed by atoms with Crippen molar-refractivity contribution in [3.8, 4) is 0 Å². The maximum Gasteiger partial charge on any atom is 0.239 e. The first kappa shape index (κ1) is 11.5. The monoisotopic (exact) mass is 198 g/mol. The van der Waals surface area contributed by atoms with Crippen molar-refractivity contribution in [2.75, 3.05) is 20.1 Å². The van der Waals surface area contributed by atoms with Crippen LogP contribution < -0.4 is 5.32 Å². The molecule has 82 valence electrons. The normalized spacial score (nSPS) is 18.8. The number of carbonyl (C=O) groups is 1. The molecule has 0 aromatic carbocycles. The van der Waals surface area contributed by atoms with E-state index in [-0.39, 0.29) is 11.9 Å². The molecule has 1 rings (SSSR count). The van der Waals surface area contributed by atoms with Gasteiger partial charge in [-0.15, -0.1) is 0 Å². The van der Waals surface area contributed by atoms with E-state index >= 15 is 0 Å². The minimum atomic E-state index is -0.0273. The average Bonchev–Trinajstić information content (AvgIpc) is 2.12. The van der Waals surface area contributed by atoms with E-state index < -0.39 is 0 Å². The summed E-state index contributed by atoms with van der Waals surface area (Å²) in [4.78, 5) is 13.4. The lowest BCUT2D eigenvalue weighted by molar-refractivity contribution is -0.131. The minimum absolute atomic E-state index is 0.0273. The zero-order chi connectivity index (χ0) is 10.6. The number of carbonyl (C=O) groups excluding carboxylic acids is 1. The maximum atomic E-state index is 11.7. The van der Waals surface area contributed by atoms with E-state index in [1.54, 1.807) is 4.90 Å². The highest BCUT2D eigenvalue weighted by Gasteiger charge is 2.20. The van der Waals surface area contributed by atoms with Crippen molar-refractivity contribution in [3.05, 3.63) is 0 Å². The summed E-state index contributed by atoms with van der Waals surface area (Å²) in [5.74, 6) is 1.02. The molecule has 1 saturated carbocycles. The molecule has 0 spiro atoms. The Morgan fingerprint density at radius 2 is 2.21 bits per heavy atom. The van der Waals surface area contributed by atoms with E-state index in [1.165, 1.54) is 19.3 Å². The van der Waals surface area contributed by atoms with Gasteiger partial charge < -0.3 is 10.2 Å². The van der Waals surface area contributed by atoms with Crippen LogP contribution in [0, 0.1) is 5.92 Å². The topological polar surface area (TPSA) is 32.3 Å². The lowest BCUT2D eigenvalue weighted by atomic mass is 9.85. The van der Waals surface area contributed by atoms with E-state index in [0.29, 0.717) is 0 Å². The molecule has 14 heavy (non-hydrogen) atoms. The van der Waals surface area contributed by atoms with E-state index in [9.17, 15) is 4.79 Å². The van der Waals surface area contributed by atoms with Gasteiger partial charge in [0.25, 0.3) is 0 Å². The van der Waals surface area contributed by atoms with E-state index in [1.807, 2.05) is 20.9 Å². The molecule has 3 heteroatoms. The molecular formula is C11H22N2O. The highest BCUT2D eigenvalue weighted by molar-refractivity contribution is 5.81. The Hall–Kier alpha value is -0.570. The fraction of sp³-hybridized carbons (Fsp3) is 0.909. The van der Waals surface area contributed by atoms with Crippen LogP contribution in [0.2, 0.25) is 0 Å². The Morgan fingerprint density at radius 3 is 2.64 bits per heavy atom. The molecule has 1 amide bonds. The van der Waals surface area contributed by atoms with Gasteiger partial charge in [0, 0.05) is 13.6 Å². The average molecular weight is 198 g/mol. The van der Waals surface area contributed by atoms with Gasteiger partial charge in [-0.2, -0.15) is 0 Å². The van der Waals surface area contributed by atoms with Gasteiger partial charge in [0.2, 0.25) is 5.91 Å². The third-order valence-electron chi connectivity index (χ3n) is 3.16. The van der Waals surface area contributed by atoms with Gasteiger partial charge in [0.05, 0.1) is 6.04 Å². The van der Waals surface area contributed by atoms with Crippen LogP contribution in [0.5, 0.6) is 0 Å². The van der Waals surface area contributed by atoms with Crippen LogP contribution in [-0.2, 0) is 4.79 Å². The molecule has 0 aromatic rings. The van der Waals surface area contributed by atoms with Crippen LogP contribution in [-0.4, -0.2) is 37.0 Å². The van der Waals surface area contributed by atoms with Crippen LogP contribution in [0.15, 0.2) is 0 Å². The Morgan fingerprint density at radius 1 is 1.57 bits per heavy atom. The van der Waals surface area contributed by atoms with Gasteiger partial charge in [0.1, 0.15) is 0 Å². The molecule has 0 heterocycles. The quantitative estimate of drug-likeness (QED) is 0.721. The summed E-state index contributed by atoms with van der Waals surface area (Å²) in [6, 6.07) is -0.0273. The molecule has 1 unspecified atom stereocenters. The van der Waals surface area contributed by atoms with Gasteiger partial charge >= 0.3 is 0 Å². The molecule has 0 bridgehead atoms. The molecule has 1 aliphatic rings. The fourth-order valence-corrected chi connectivity index (χ4v) is 1.61. The Kier molecular flexibility index (Phi) is 4.39. The van der Waals surface area contributed by atoms with Crippen LogP contribution in [0.1, 0.15) is 33.1 Å². The van der Waals surface area contributed by atoms with Crippen molar-refractivity contribution in [2.24, 2.45) is 5.92 Å². The first-order valence-electron chi connectivity index (χ1n) is 5.63. The summed E-state index contributed by atoms with van der Waals surface area (Å²) in [6.07, 6.45) is 4.03. The molecular weight excluding hydrogens is 176 g/mol. The van der Waals surface area contributed by atoms with E-state index in [0.717, 1.165) is 19.0 Å². The third kappa shape index (κ3) is 2.98.